The van der Waals surface area contributed by atoms with Gasteiger partial charge in [0.25, 0.3) is 0 Å². The lowest BCUT2D eigenvalue weighted by molar-refractivity contribution is 0.0848. The smallest absolute Gasteiger partial charge is 0.229 e. The zero-order valence-electron chi connectivity index (χ0n) is 15.9. The Hall–Kier alpha value is -2.51. The lowest BCUT2D eigenvalue weighted by Gasteiger charge is -2.30. The number of pyridine rings is 1. The van der Waals surface area contributed by atoms with Gasteiger partial charge in [0.1, 0.15) is 0 Å². The van der Waals surface area contributed by atoms with Gasteiger partial charge in [-0.2, -0.15) is 0 Å². The Balaban J connectivity index is 1.49. The van der Waals surface area contributed by atoms with Crippen LogP contribution >= 0.6 is 0 Å². The van der Waals surface area contributed by atoms with Crippen molar-refractivity contribution in [3.05, 3.63) is 66.0 Å². The minimum absolute atomic E-state index is 0.0206. The highest BCUT2D eigenvalue weighted by molar-refractivity contribution is 7.92. The molecule has 2 aromatic rings. The topological polar surface area (TPSA) is 79.4 Å². The van der Waals surface area contributed by atoms with Gasteiger partial charge in [0, 0.05) is 36.1 Å². The van der Waals surface area contributed by atoms with Gasteiger partial charge >= 0.3 is 0 Å². The summed E-state index contributed by atoms with van der Waals surface area (Å²) in [6, 6.07) is 10.6. The number of nitrogens with one attached hydrogen (secondary N) is 1. The van der Waals surface area contributed by atoms with Crippen molar-refractivity contribution in [3.63, 3.8) is 0 Å². The Morgan fingerprint density at radius 1 is 1.21 bits per heavy atom. The van der Waals surface area contributed by atoms with Crippen molar-refractivity contribution in [2.75, 3.05) is 30.6 Å². The van der Waals surface area contributed by atoms with Crippen molar-refractivity contribution in [1.29, 1.82) is 0 Å². The number of ketones is 1. The van der Waals surface area contributed by atoms with Crippen molar-refractivity contribution >= 4 is 27.6 Å². The molecule has 148 valence electrons. The van der Waals surface area contributed by atoms with Crippen LogP contribution in [0.5, 0.6) is 0 Å². The summed E-state index contributed by atoms with van der Waals surface area (Å²) >= 11 is 0. The van der Waals surface area contributed by atoms with Crippen LogP contribution in [0.25, 0.3) is 6.08 Å². The third-order valence-corrected chi connectivity index (χ3v) is 5.40. The fourth-order valence-corrected chi connectivity index (χ4v) is 3.91. The number of piperidine rings is 1. The first-order valence-corrected chi connectivity index (χ1v) is 11.2. The van der Waals surface area contributed by atoms with Gasteiger partial charge in [-0.3, -0.25) is 19.4 Å². The number of benzene rings is 1. The summed E-state index contributed by atoms with van der Waals surface area (Å²) in [6.07, 6.45) is 10.6. The molecule has 0 unspecified atom stereocenters. The quantitative estimate of drug-likeness (QED) is 0.724. The molecule has 1 fully saturated rings. The molecule has 7 heteroatoms. The van der Waals surface area contributed by atoms with Crippen LogP contribution in [0.3, 0.4) is 0 Å². The van der Waals surface area contributed by atoms with Crippen LogP contribution in [0.4, 0.5) is 5.69 Å². The predicted molar refractivity (Wildman–Crippen MR) is 112 cm³/mol. The van der Waals surface area contributed by atoms with E-state index in [4.69, 9.17) is 0 Å². The van der Waals surface area contributed by atoms with Crippen LogP contribution in [-0.4, -0.2) is 50.0 Å². The van der Waals surface area contributed by atoms with E-state index in [9.17, 15) is 13.2 Å². The summed E-state index contributed by atoms with van der Waals surface area (Å²) in [5.74, 6) is 0.156. The zero-order valence-corrected chi connectivity index (χ0v) is 16.7. The SMILES string of the molecule is CS(=O)(=O)Nc1ccc(C(=O)C2CCN(CC=Cc3cccnc3)CC2)cc1. The maximum atomic E-state index is 12.7. The Morgan fingerprint density at radius 3 is 2.54 bits per heavy atom. The van der Waals surface area contributed by atoms with Crippen LogP contribution < -0.4 is 4.72 Å². The van der Waals surface area contributed by atoms with Crippen molar-refractivity contribution in [2.45, 2.75) is 12.8 Å². The number of sulfonamides is 1. The summed E-state index contributed by atoms with van der Waals surface area (Å²) in [6.45, 7) is 2.64. The first kappa shape index (κ1) is 20.2. The number of likely N-dealkylation sites (tertiary alicyclic amines) is 1. The van der Waals surface area contributed by atoms with Crippen molar-refractivity contribution in [1.82, 2.24) is 9.88 Å². The molecule has 1 aliphatic heterocycles. The molecule has 0 amide bonds. The molecule has 2 heterocycles. The lowest BCUT2D eigenvalue weighted by Crippen LogP contribution is -2.36. The normalized spacial score (nSPS) is 16.3. The summed E-state index contributed by atoms with van der Waals surface area (Å²) in [7, 11) is -3.31. The van der Waals surface area contributed by atoms with Crippen LogP contribution in [0.1, 0.15) is 28.8 Å². The molecule has 1 aromatic heterocycles. The van der Waals surface area contributed by atoms with Gasteiger partial charge in [-0.15, -0.1) is 0 Å². The Labute approximate surface area is 166 Å². The molecule has 6 nitrogen and oxygen atoms in total. The highest BCUT2D eigenvalue weighted by atomic mass is 32.2. The van der Waals surface area contributed by atoms with Crippen LogP contribution in [0.2, 0.25) is 0 Å². The number of hydrogen-bond acceptors (Lipinski definition) is 5. The molecule has 1 saturated heterocycles. The Bertz CT molecular complexity index is 917. The fourth-order valence-electron chi connectivity index (χ4n) is 3.34. The fraction of sp³-hybridized carbons (Fsp3) is 0.333. The number of rotatable bonds is 7. The summed E-state index contributed by atoms with van der Waals surface area (Å²) < 4.78 is 24.9. The number of anilines is 1. The average molecular weight is 400 g/mol. The van der Waals surface area contributed by atoms with Crippen molar-refractivity contribution in [3.8, 4) is 0 Å². The zero-order chi connectivity index (χ0) is 20.0. The van der Waals surface area contributed by atoms with E-state index in [0.29, 0.717) is 11.3 Å². The van der Waals surface area contributed by atoms with Gasteiger partial charge in [-0.25, -0.2) is 8.42 Å². The second-order valence-electron chi connectivity index (χ2n) is 7.08. The number of Topliss-reactive ketones (excluding diaryl/α,β-unsaturated/α-hetero) is 1. The first-order chi connectivity index (χ1) is 13.4. The molecule has 1 aromatic carbocycles. The molecule has 28 heavy (non-hydrogen) atoms. The van der Waals surface area contributed by atoms with Gasteiger partial charge < -0.3 is 0 Å². The highest BCUT2D eigenvalue weighted by Gasteiger charge is 2.25. The molecule has 0 atom stereocenters. The Morgan fingerprint density at radius 2 is 1.93 bits per heavy atom. The molecule has 3 rings (SSSR count). The second-order valence-corrected chi connectivity index (χ2v) is 8.83. The van der Waals surface area contributed by atoms with Gasteiger partial charge in [0.05, 0.1) is 6.26 Å². The average Bonchev–Trinajstić information content (AvgIpc) is 2.68. The minimum Gasteiger partial charge on any atom is -0.300 e. The molecule has 0 bridgehead atoms. The van der Waals surface area contributed by atoms with E-state index in [1.54, 1.807) is 30.5 Å². The van der Waals surface area contributed by atoms with Crippen molar-refractivity contribution < 1.29 is 13.2 Å². The number of carbonyl (C=O) groups excluding carboxylic acids is 1. The summed E-state index contributed by atoms with van der Waals surface area (Å²) in [5.41, 5.74) is 2.18. The van der Waals surface area contributed by atoms with Gasteiger partial charge in [0.15, 0.2) is 5.78 Å². The molecule has 1 aliphatic rings. The molecular formula is C21H25N3O3S. The van der Waals surface area contributed by atoms with Crippen LogP contribution in [0.15, 0.2) is 54.9 Å². The first-order valence-electron chi connectivity index (χ1n) is 9.32. The maximum absolute atomic E-state index is 12.7. The summed E-state index contributed by atoms with van der Waals surface area (Å²) in [5, 5.41) is 0. The molecule has 0 saturated carbocycles. The number of carbonyl (C=O) groups is 1. The number of aromatic nitrogens is 1. The van der Waals surface area contributed by atoms with E-state index in [1.807, 2.05) is 18.3 Å². The van der Waals surface area contributed by atoms with E-state index >= 15 is 0 Å². The standard InChI is InChI=1S/C21H25N3O3S/c1-28(26,27)23-20-8-6-18(7-9-20)21(25)19-10-14-24(15-11-19)13-3-5-17-4-2-12-22-16-17/h2-9,12,16,19,23H,10-11,13-15H2,1H3. The largest absolute Gasteiger partial charge is 0.300 e. The van der Waals surface area contributed by atoms with E-state index in [-0.39, 0.29) is 11.7 Å². The predicted octanol–water partition coefficient (Wildman–Crippen LogP) is 3.06. The van der Waals surface area contributed by atoms with E-state index < -0.39 is 10.0 Å². The molecule has 1 N–H and O–H groups in total. The molecular weight excluding hydrogens is 374 g/mol. The Kier molecular flexibility index (Phi) is 6.59. The van der Waals surface area contributed by atoms with Crippen molar-refractivity contribution in [2.24, 2.45) is 5.92 Å². The highest BCUT2D eigenvalue weighted by Crippen LogP contribution is 2.23. The maximum Gasteiger partial charge on any atom is 0.229 e. The lowest BCUT2D eigenvalue weighted by atomic mass is 9.89. The monoisotopic (exact) mass is 399 g/mol. The molecule has 0 spiro atoms. The van der Waals surface area contributed by atoms with Crippen LogP contribution in [0, 0.1) is 5.92 Å². The summed E-state index contributed by atoms with van der Waals surface area (Å²) in [4.78, 5) is 19.2. The number of nitrogens with zero attached hydrogens (tertiary/aromatic N) is 2. The van der Waals surface area contributed by atoms with Gasteiger partial charge in [-0.05, 0) is 61.8 Å². The van der Waals surface area contributed by atoms with Gasteiger partial charge in [-0.1, -0.05) is 18.2 Å². The second kappa shape index (κ2) is 9.12. The van der Waals surface area contributed by atoms with E-state index in [1.165, 1.54) is 0 Å². The molecule has 0 aliphatic carbocycles. The van der Waals surface area contributed by atoms with E-state index in [0.717, 1.165) is 44.3 Å². The third kappa shape index (κ3) is 6.00. The van der Waals surface area contributed by atoms with E-state index in [2.05, 4.69) is 26.8 Å². The van der Waals surface area contributed by atoms with Gasteiger partial charge in [0.2, 0.25) is 10.0 Å². The minimum atomic E-state index is -3.31. The third-order valence-electron chi connectivity index (χ3n) is 4.79. The number of hydrogen-bond donors (Lipinski definition) is 1. The molecule has 0 radical (unpaired) electrons. The van der Waals surface area contributed by atoms with Crippen LogP contribution in [-0.2, 0) is 10.0 Å².